The van der Waals surface area contributed by atoms with Crippen molar-refractivity contribution in [3.63, 3.8) is 0 Å². The predicted molar refractivity (Wildman–Crippen MR) is 62.4 cm³/mol. The van der Waals surface area contributed by atoms with E-state index in [1.165, 1.54) is 25.7 Å². The number of nitrogens with one attached hydrogen (secondary N) is 1. The Kier molecular flexibility index (Phi) is 5.69. The van der Waals surface area contributed by atoms with E-state index in [0.717, 1.165) is 25.3 Å². The quantitative estimate of drug-likeness (QED) is 0.658. The van der Waals surface area contributed by atoms with Crippen LogP contribution in [0.2, 0.25) is 0 Å². The molecule has 1 rings (SSSR count). The Hall–Kier alpha value is -0.570. The zero-order valence-electron chi connectivity index (χ0n) is 9.80. The number of nitrogens with two attached hydrogens (primary N) is 1. The molecule has 1 aliphatic carbocycles. The standard InChI is InChI=1S/C12H24N2O/c1-10(9-11-5-2-3-6-11)12(15)14-8-4-7-13/h10-11H,2-9,13H2,1H3,(H,14,15). The van der Waals surface area contributed by atoms with E-state index in [1.54, 1.807) is 0 Å². The van der Waals surface area contributed by atoms with Crippen molar-refractivity contribution in [3.05, 3.63) is 0 Å². The van der Waals surface area contributed by atoms with Crippen LogP contribution >= 0.6 is 0 Å². The third-order valence-electron chi connectivity index (χ3n) is 3.29. The lowest BCUT2D eigenvalue weighted by Gasteiger charge is -2.15. The molecule has 0 aromatic rings. The summed E-state index contributed by atoms with van der Waals surface area (Å²) in [5.41, 5.74) is 5.37. The molecule has 88 valence electrons. The molecule has 3 heteroatoms. The highest BCUT2D eigenvalue weighted by Gasteiger charge is 2.21. The van der Waals surface area contributed by atoms with E-state index >= 15 is 0 Å². The highest BCUT2D eigenvalue weighted by Crippen LogP contribution is 2.30. The number of rotatable bonds is 6. The van der Waals surface area contributed by atoms with Crippen LogP contribution in [0.4, 0.5) is 0 Å². The second-order valence-corrected chi connectivity index (χ2v) is 4.72. The Balaban J connectivity index is 2.14. The average Bonchev–Trinajstić information content (AvgIpc) is 2.70. The van der Waals surface area contributed by atoms with Crippen LogP contribution in [0, 0.1) is 11.8 Å². The minimum absolute atomic E-state index is 0.172. The summed E-state index contributed by atoms with van der Waals surface area (Å²) >= 11 is 0. The molecule has 0 aromatic carbocycles. The maximum atomic E-state index is 11.7. The van der Waals surface area contributed by atoms with Crippen molar-refractivity contribution in [2.45, 2.75) is 45.4 Å². The molecule has 3 N–H and O–H groups in total. The van der Waals surface area contributed by atoms with Crippen LogP contribution in [0.25, 0.3) is 0 Å². The van der Waals surface area contributed by atoms with Crippen LogP contribution in [0.3, 0.4) is 0 Å². The molecule has 1 aliphatic rings. The van der Waals surface area contributed by atoms with Crippen molar-refractivity contribution < 1.29 is 4.79 Å². The van der Waals surface area contributed by atoms with E-state index in [4.69, 9.17) is 5.73 Å². The second kappa shape index (κ2) is 6.83. The predicted octanol–water partition coefficient (Wildman–Crippen LogP) is 1.67. The molecule has 1 unspecified atom stereocenters. The zero-order chi connectivity index (χ0) is 11.1. The third-order valence-corrected chi connectivity index (χ3v) is 3.29. The van der Waals surface area contributed by atoms with E-state index < -0.39 is 0 Å². The Labute approximate surface area is 92.8 Å². The summed E-state index contributed by atoms with van der Waals surface area (Å²) in [6.45, 7) is 3.41. The summed E-state index contributed by atoms with van der Waals surface area (Å²) in [5.74, 6) is 1.17. The number of carbonyl (C=O) groups excluding carboxylic acids is 1. The molecule has 1 amide bonds. The van der Waals surface area contributed by atoms with Gasteiger partial charge in [-0.1, -0.05) is 32.6 Å². The summed E-state index contributed by atoms with van der Waals surface area (Å²) < 4.78 is 0. The Morgan fingerprint density at radius 1 is 1.47 bits per heavy atom. The first-order valence-electron chi connectivity index (χ1n) is 6.21. The summed E-state index contributed by atoms with van der Waals surface area (Å²) in [5, 5.41) is 2.94. The molecule has 0 radical (unpaired) electrons. The molecule has 1 saturated carbocycles. The topological polar surface area (TPSA) is 55.1 Å². The number of hydrogen-bond donors (Lipinski definition) is 2. The van der Waals surface area contributed by atoms with Gasteiger partial charge in [0.25, 0.3) is 0 Å². The third kappa shape index (κ3) is 4.65. The minimum atomic E-state index is 0.172. The van der Waals surface area contributed by atoms with E-state index in [1.807, 2.05) is 6.92 Å². The average molecular weight is 212 g/mol. The van der Waals surface area contributed by atoms with Crippen molar-refractivity contribution in [2.24, 2.45) is 17.6 Å². The summed E-state index contributed by atoms with van der Waals surface area (Å²) in [4.78, 5) is 11.7. The molecule has 0 aliphatic heterocycles. The monoisotopic (exact) mass is 212 g/mol. The molecule has 0 heterocycles. The second-order valence-electron chi connectivity index (χ2n) is 4.72. The summed E-state index contributed by atoms with van der Waals surface area (Å²) in [7, 11) is 0. The zero-order valence-corrected chi connectivity index (χ0v) is 9.80. The van der Waals surface area contributed by atoms with Gasteiger partial charge in [0.05, 0.1) is 0 Å². The maximum absolute atomic E-state index is 11.7. The van der Waals surface area contributed by atoms with Crippen molar-refractivity contribution in [1.29, 1.82) is 0 Å². The van der Waals surface area contributed by atoms with Crippen molar-refractivity contribution in [1.82, 2.24) is 5.32 Å². The lowest BCUT2D eigenvalue weighted by Crippen LogP contribution is -2.31. The lowest BCUT2D eigenvalue weighted by atomic mass is 9.94. The van der Waals surface area contributed by atoms with Gasteiger partial charge in [-0.05, 0) is 25.3 Å². The van der Waals surface area contributed by atoms with Crippen LogP contribution < -0.4 is 11.1 Å². The van der Waals surface area contributed by atoms with Gasteiger partial charge in [-0.2, -0.15) is 0 Å². The van der Waals surface area contributed by atoms with Crippen molar-refractivity contribution >= 4 is 5.91 Å². The van der Waals surface area contributed by atoms with Gasteiger partial charge in [0.15, 0.2) is 0 Å². The number of amides is 1. The van der Waals surface area contributed by atoms with Gasteiger partial charge < -0.3 is 11.1 Å². The van der Waals surface area contributed by atoms with Gasteiger partial charge >= 0.3 is 0 Å². The van der Waals surface area contributed by atoms with Crippen LogP contribution in [-0.2, 0) is 4.79 Å². The first-order chi connectivity index (χ1) is 7.24. The smallest absolute Gasteiger partial charge is 0.222 e. The molecule has 0 bridgehead atoms. The van der Waals surface area contributed by atoms with Crippen molar-refractivity contribution in [3.8, 4) is 0 Å². The van der Waals surface area contributed by atoms with Crippen molar-refractivity contribution in [2.75, 3.05) is 13.1 Å². The molecule has 15 heavy (non-hydrogen) atoms. The molecule has 1 atom stereocenters. The van der Waals surface area contributed by atoms with Gasteiger partial charge in [-0.25, -0.2) is 0 Å². The molecule has 0 aromatic heterocycles. The largest absolute Gasteiger partial charge is 0.356 e. The Morgan fingerprint density at radius 2 is 2.13 bits per heavy atom. The SMILES string of the molecule is CC(CC1CCCC1)C(=O)NCCCN. The molecule has 3 nitrogen and oxygen atoms in total. The van der Waals surface area contributed by atoms with Gasteiger partial charge in [-0.15, -0.1) is 0 Å². The normalized spacial score (nSPS) is 19.1. The van der Waals surface area contributed by atoms with E-state index in [0.29, 0.717) is 6.54 Å². The van der Waals surface area contributed by atoms with E-state index in [2.05, 4.69) is 5.32 Å². The van der Waals surface area contributed by atoms with Crippen LogP contribution in [0.5, 0.6) is 0 Å². The van der Waals surface area contributed by atoms with Gasteiger partial charge in [-0.3, -0.25) is 4.79 Å². The maximum Gasteiger partial charge on any atom is 0.222 e. The van der Waals surface area contributed by atoms with Crippen LogP contribution in [-0.4, -0.2) is 19.0 Å². The van der Waals surface area contributed by atoms with Gasteiger partial charge in [0.2, 0.25) is 5.91 Å². The number of carbonyl (C=O) groups is 1. The molecule has 0 spiro atoms. The molecule has 1 fully saturated rings. The van der Waals surface area contributed by atoms with Gasteiger partial charge in [0.1, 0.15) is 0 Å². The van der Waals surface area contributed by atoms with Crippen LogP contribution in [0.1, 0.15) is 45.4 Å². The highest BCUT2D eigenvalue weighted by molar-refractivity contribution is 5.78. The minimum Gasteiger partial charge on any atom is -0.356 e. The lowest BCUT2D eigenvalue weighted by molar-refractivity contribution is -0.125. The fourth-order valence-corrected chi connectivity index (χ4v) is 2.34. The fraction of sp³-hybridized carbons (Fsp3) is 0.917. The first-order valence-corrected chi connectivity index (χ1v) is 6.21. The highest BCUT2D eigenvalue weighted by atomic mass is 16.1. The van der Waals surface area contributed by atoms with E-state index in [9.17, 15) is 4.79 Å². The first kappa shape index (κ1) is 12.5. The Morgan fingerprint density at radius 3 is 2.73 bits per heavy atom. The summed E-state index contributed by atoms with van der Waals surface area (Å²) in [6.07, 6.45) is 7.29. The van der Waals surface area contributed by atoms with Crippen LogP contribution in [0.15, 0.2) is 0 Å². The Bertz CT molecular complexity index is 188. The van der Waals surface area contributed by atoms with Gasteiger partial charge in [0, 0.05) is 12.5 Å². The fourth-order valence-electron chi connectivity index (χ4n) is 2.34. The van der Waals surface area contributed by atoms with E-state index in [-0.39, 0.29) is 11.8 Å². The number of hydrogen-bond acceptors (Lipinski definition) is 2. The molecule has 0 saturated heterocycles. The summed E-state index contributed by atoms with van der Waals surface area (Å²) in [6, 6.07) is 0. The molecular formula is C12H24N2O. The molecular weight excluding hydrogens is 188 g/mol.